The molecule has 0 bridgehead atoms. The average molecular weight is 439 g/mol. The van der Waals surface area contributed by atoms with Gasteiger partial charge in [0.05, 0.1) is 5.92 Å². The number of benzene rings is 1. The summed E-state index contributed by atoms with van der Waals surface area (Å²) in [6, 6.07) is 3.30. The van der Waals surface area contributed by atoms with Crippen LogP contribution in [0.3, 0.4) is 0 Å². The number of hydrogen-bond acceptors (Lipinski definition) is 6. The van der Waals surface area contributed by atoms with Crippen LogP contribution < -0.4 is 10.6 Å². The molecule has 8 nitrogen and oxygen atoms in total. The van der Waals surface area contributed by atoms with Crippen LogP contribution in [0.4, 0.5) is 0 Å². The van der Waals surface area contributed by atoms with Crippen molar-refractivity contribution in [2.75, 3.05) is 0 Å². The number of aryl methyl sites for hydroxylation is 1. The van der Waals surface area contributed by atoms with Crippen molar-refractivity contribution in [1.82, 2.24) is 20.8 Å². The molecule has 0 spiro atoms. The Hall–Kier alpha value is -2.45. The maximum atomic E-state index is 12.6. The number of piperidine rings is 1. The Morgan fingerprint density at radius 2 is 1.93 bits per heavy atom. The van der Waals surface area contributed by atoms with Gasteiger partial charge in [-0.15, -0.1) is 10.2 Å². The molecule has 29 heavy (non-hydrogen) atoms. The average Bonchev–Trinajstić information content (AvgIpc) is 3.08. The maximum Gasteiger partial charge on any atom is 0.235 e. The third kappa shape index (κ3) is 4.43. The van der Waals surface area contributed by atoms with Gasteiger partial charge in [-0.05, 0) is 38.0 Å². The van der Waals surface area contributed by atoms with Crippen LogP contribution in [-0.4, -0.2) is 27.9 Å². The van der Waals surface area contributed by atoms with Crippen LogP contribution in [0, 0.1) is 6.92 Å². The van der Waals surface area contributed by atoms with E-state index in [0.717, 1.165) is 0 Å². The van der Waals surface area contributed by atoms with E-state index < -0.39 is 17.2 Å². The number of carbonyl (C=O) groups excluding carboxylic acids is 3. The van der Waals surface area contributed by atoms with Crippen LogP contribution in [0.2, 0.25) is 10.0 Å². The topological polar surface area (TPSA) is 114 Å². The molecule has 2 aromatic rings. The molecule has 1 aliphatic heterocycles. The molecule has 1 aromatic heterocycles. The highest BCUT2D eigenvalue weighted by Gasteiger charge is 2.35. The molecule has 2 heterocycles. The van der Waals surface area contributed by atoms with Gasteiger partial charge >= 0.3 is 0 Å². The monoisotopic (exact) mass is 438 g/mol. The summed E-state index contributed by atoms with van der Waals surface area (Å²) in [5, 5.41) is 13.4. The fourth-order valence-corrected chi connectivity index (χ4v) is 3.89. The summed E-state index contributed by atoms with van der Waals surface area (Å²) in [6.45, 7) is 5.19. The van der Waals surface area contributed by atoms with E-state index in [4.69, 9.17) is 27.6 Å². The standard InChI is InChI=1S/C19H20Cl2N4O4/c1-9-24-25-18(29-9)19(2,3)17(28)22-8-10-6-12(20)15(13(21)7-10)11-4-5-14(26)23-16(11)27/h6-7,11H,4-5,8H2,1-3H3,(H,22,28)(H,23,26,27)/t11-/m0/s1. The predicted octanol–water partition coefficient (Wildman–Crippen LogP) is 2.80. The first-order valence-electron chi connectivity index (χ1n) is 9.00. The molecule has 1 aromatic carbocycles. The predicted molar refractivity (Wildman–Crippen MR) is 105 cm³/mol. The number of amides is 3. The first kappa shape index (κ1) is 21.3. The molecule has 0 aliphatic carbocycles. The van der Waals surface area contributed by atoms with Gasteiger partial charge in [-0.1, -0.05) is 23.2 Å². The van der Waals surface area contributed by atoms with Gasteiger partial charge < -0.3 is 9.73 Å². The van der Waals surface area contributed by atoms with Crippen LogP contribution in [0.15, 0.2) is 16.5 Å². The maximum absolute atomic E-state index is 12.6. The van der Waals surface area contributed by atoms with Gasteiger partial charge in [-0.3, -0.25) is 19.7 Å². The Morgan fingerprint density at radius 3 is 2.48 bits per heavy atom. The summed E-state index contributed by atoms with van der Waals surface area (Å²) in [6.07, 6.45) is 0.573. The molecule has 3 amide bonds. The third-order valence-electron chi connectivity index (χ3n) is 4.81. The summed E-state index contributed by atoms with van der Waals surface area (Å²) in [4.78, 5) is 36.1. The van der Waals surface area contributed by atoms with Crippen molar-refractivity contribution in [3.63, 3.8) is 0 Å². The zero-order chi connectivity index (χ0) is 21.3. The molecule has 2 N–H and O–H groups in total. The van der Waals surface area contributed by atoms with E-state index in [1.165, 1.54) is 0 Å². The fraction of sp³-hybridized carbons (Fsp3) is 0.421. The number of halogens is 2. The van der Waals surface area contributed by atoms with E-state index in [9.17, 15) is 14.4 Å². The van der Waals surface area contributed by atoms with Crippen molar-refractivity contribution in [3.05, 3.63) is 45.1 Å². The Kier molecular flexibility index (Phi) is 5.95. The Balaban J connectivity index is 1.73. The lowest BCUT2D eigenvalue weighted by Crippen LogP contribution is -2.40. The molecular formula is C19H20Cl2N4O4. The molecule has 1 fully saturated rings. The van der Waals surface area contributed by atoms with E-state index in [2.05, 4.69) is 20.8 Å². The molecule has 154 valence electrons. The largest absolute Gasteiger partial charge is 0.424 e. The SMILES string of the molecule is Cc1nnc(C(C)(C)C(=O)NCc2cc(Cl)c([C@@H]3CCC(=O)NC3=O)c(Cl)c2)o1. The lowest BCUT2D eigenvalue weighted by molar-refractivity contribution is -0.134. The van der Waals surface area contributed by atoms with Gasteiger partial charge in [0.1, 0.15) is 5.41 Å². The van der Waals surface area contributed by atoms with Crippen molar-refractivity contribution >= 4 is 40.9 Å². The summed E-state index contributed by atoms with van der Waals surface area (Å²) in [5.41, 5.74) is 0.138. The number of rotatable bonds is 5. The molecule has 0 unspecified atom stereocenters. The number of imide groups is 1. The van der Waals surface area contributed by atoms with Crippen LogP contribution in [0.25, 0.3) is 0 Å². The molecule has 0 radical (unpaired) electrons. The van der Waals surface area contributed by atoms with Crippen molar-refractivity contribution in [2.45, 2.75) is 51.5 Å². The smallest absolute Gasteiger partial charge is 0.235 e. The lowest BCUT2D eigenvalue weighted by atomic mass is 9.89. The van der Waals surface area contributed by atoms with E-state index in [-0.39, 0.29) is 30.7 Å². The minimum Gasteiger partial charge on any atom is -0.424 e. The van der Waals surface area contributed by atoms with Gasteiger partial charge in [-0.2, -0.15) is 0 Å². The zero-order valence-corrected chi connectivity index (χ0v) is 17.6. The molecule has 3 rings (SSSR count). The Morgan fingerprint density at radius 1 is 1.28 bits per heavy atom. The highest BCUT2D eigenvalue weighted by atomic mass is 35.5. The van der Waals surface area contributed by atoms with Gasteiger partial charge in [-0.25, -0.2) is 0 Å². The summed E-state index contributed by atoms with van der Waals surface area (Å²) < 4.78 is 5.37. The summed E-state index contributed by atoms with van der Waals surface area (Å²) >= 11 is 12.8. The van der Waals surface area contributed by atoms with Crippen molar-refractivity contribution in [1.29, 1.82) is 0 Å². The second-order valence-corrected chi connectivity index (χ2v) is 8.23. The molecule has 1 saturated heterocycles. The van der Waals surface area contributed by atoms with Crippen LogP contribution in [-0.2, 0) is 26.3 Å². The molecule has 1 atom stereocenters. The first-order chi connectivity index (χ1) is 13.6. The molecule has 10 heteroatoms. The van der Waals surface area contributed by atoms with E-state index in [1.54, 1.807) is 32.9 Å². The van der Waals surface area contributed by atoms with Gasteiger partial charge in [0.25, 0.3) is 0 Å². The number of aromatic nitrogens is 2. The van der Waals surface area contributed by atoms with Crippen molar-refractivity contribution in [2.24, 2.45) is 0 Å². The van der Waals surface area contributed by atoms with Gasteiger partial charge in [0.2, 0.25) is 29.5 Å². The Labute approximate surface area is 177 Å². The minimum absolute atomic E-state index is 0.171. The van der Waals surface area contributed by atoms with Crippen LogP contribution in [0.1, 0.15) is 55.5 Å². The molecule has 1 aliphatic rings. The van der Waals surface area contributed by atoms with Gasteiger partial charge in [0.15, 0.2) is 0 Å². The van der Waals surface area contributed by atoms with Crippen molar-refractivity contribution < 1.29 is 18.8 Å². The number of carbonyl (C=O) groups is 3. The summed E-state index contributed by atoms with van der Waals surface area (Å²) in [5.74, 6) is -1.02. The second-order valence-electron chi connectivity index (χ2n) is 7.41. The second kappa shape index (κ2) is 8.12. The normalized spacial score (nSPS) is 17.2. The summed E-state index contributed by atoms with van der Waals surface area (Å²) in [7, 11) is 0. The van der Waals surface area contributed by atoms with Crippen LogP contribution in [0.5, 0.6) is 0 Å². The van der Waals surface area contributed by atoms with Crippen LogP contribution >= 0.6 is 23.2 Å². The van der Waals surface area contributed by atoms with Gasteiger partial charge in [0, 0.05) is 35.5 Å². The quantitative estimate of drug-likeness (QED) is 0.693. The van der Waals surface area contributed by atoms with E-state index in [0.29, 0.717) is 33.5 Å². The minimum atomic E-state index is -1.01. The van der Waals surface area contributed by atoms with E-state index in [1.807, 2.05) is 0 Å². The Bertz CT molecular complexity index is 963. The number of nitrogens with one attached hydrogen (secondary N) is 2. The highest BCUT2D eigenvalue weighted by Crippen LogP contribution is 2.37. The fourth-order valence-electron chi connectivity index (χ4n) is 3.09. The third-order valence-corrected chi connectivity index (χ3v) is 5.43. The first-order valence-corrected chi connectivity index (χ1v) is 9.75. The highest BCUT2D eigenvalue weighted by molar-refractivity contribution is 6.36. The molecule has 0 saturated carbocycles. The van der Waals surface area contributed by atoms with E-state index >= 15 is 0 Å². The number of hydrogen-bond donors (Lipinski definition) is 2. The lowest BCUT2D eigenvalue weighted by Gasteiger charge is -2.23. The van der Waals surface area contributed by atoms with Crippen molar-refractivity contribution in [3.8, 4) is 0 Å². The zero-order valence-electron chi connectivity index (χ0n) is 16.1. The number of nitrogens with zero attached hydrogens (tertiary/aromatic N) is 2. The molecular weight excluding hydrogens is 419 g/mol.